The van der Waals surface area contributed by atoms with Crippen LogP contribution in [0.25, 0.3) is 0 Å². The Hall–Kier alpha value is -2.82. The van der Waals surface area contributed by atoms with Gasteiger partial charge in [0, 0.05) is 49.5 Å². The van der Waals surface area contributed by atoms with E-state index in [0.29, 0.717) is 12.0 Å². The smallest absolute Gasteiger partial charge is 0.255 e. The molecule has 0 aromatic heterocycles. The monoisotopic (exact) mass is 365 g/mol. The number of carbonyl (C=O) groups is 2. The first-order valence-electron chi connectivity index (χ1n) is 9.49. The van der Waals surface area contributed by atoms with Gasteiger partial charge < -0.3 is 15.1 Å². The van der Waals surface area contributed by atoms with Crippen LogP contribution in [0, 0.1) is 13.8 Å². The Balaban J connectivity index is 1.61. The third kappa shape index (κ3) is 4.48. The van der Waals surface area contributed by atoms with E-state index in [1.54, 1.807) is 0 Å². The lowest BCUT2D eigenvalue weighted by molar-refractivity contribution is -0.131. The van der Waals surface area contributed by atoms with Gasteiger partial charge >= 0.3 is 0 Å². The van der Waals surface area contributed by atoms with Crippen LogP contribution >= 0.6 is 0 Å². The molecule has 1 aliphatic heterocycles. The van der Waals surface area contributed by atoms with Gasteiger partial charge in [-0.1, -0.05) is 24.6 Å². The largest absolute Gasteiger partial charge is 0.368 e. The van der Waals surface area contributed by atoms with Gasteiger partial charge in [0.1, 0.15) is 0 Å². The van der Waals surface area contributed by atoms with E-state index in [0.717, 1.165) is 48.7 Å². The van der Waals surface area contributed by atoms with Crippen LogP contribution < -0.4 is 10.2 Å². The van der Waals surface area contributed by atoms with Gasteiger partial charge in [0.25, 0.3) is 5.91 Å². The maximum absolute atomic E-state index is 12.5. The second-order valence-electron chi connectivity index (χ2n) is 7.04. The van der Waals surface area contributed by atoms with E-state index in [4.69, 9.17) is 0 Å². The van der Waals surface area contributed by atoms with Gasteiger partial charge in [-0.2, -0.15) is 0 Å². The fourth-order valence-electron chi connectivity index (χ4n) is 3.46. The summed E-state index contributed by atoms with van der Waals surface area (Å²) in [6.45, 7) is 9.06. The maximum atomic E-state index is 12.5. The molecule has 0 unspecified atom stereocenters. The molecule has 5 nitrogen and oxygen atoms in total. The minimum absolute atomic E-state index is 0.0908. The molecule has 1 aliphatic rings. The molecule has 0 atom stereocenters. The van der Waals surface area contributed by atoms with Crippen molar-refractivity contribution in [2.24, 2.45) is 0 Å². The molecule has 5 heteroatoms. The van der Waals surface area contributed by atoms with Gasteiger partial charge in [-0.05, 0) is 49.7 Å². The van der Waals surface area contributed by atoms with Crippen LogP contribution in [-0.2, 0) is 4.79 Å². The highest BCUT2D eigenvalue weighted by Crippen LogP contribution is 2.21. The molecule has 3 rings (SSSR count). The Kier molecular flexibility index (Phi) is 5.79. The van der Waals surface area contributed by atoms with Crippen molar-refractivity contribution in [1.82, 2.24) is 4.90 Å². The molecule has 142 valence electrons. The molecule has 1 heterocycles. The van der Waals surface area contributed by atoms with Crippen LogP contribution in [0.1, 0.15) is 34.8 Å². The second-order valence-corrected chi connectivity index (χ2v) is 7.04. The Morgan fingerprint density at radius 3 is 2.22 bits per heavy atom. The van der Waals surface area contributed by atoms with Gasteiger partial charge in [0.05, 0.1) is 0 Å². The van der Waals surface area contributed by atoms with Crippen molar-refractivity contribution in [2.45, 2.75) is 27.2 Å². The van der Waals surface area contributed by atoms with Crippen molar-refractivity contribution in [3.8, 4) is 0 Å². The van der Waals surface area contributed by atoms with Crippen LogP contribution in [0.4, 0.5) is 11.4 Å². The Bertz CT molecular complexity index is 822. The van der Waals surface area contributed by atoms with Crippen molar-refractivity contribution in [3.63, 3.8) is 0 Å². The van der Waals surface area contributed by atoms with Gasteiger partial charge in [-0.3, -0.25) is 9.59 Å². The van der Waals surface area contributed by atoms with E-state index in [2.05, 4.69) is 10.2 Å². The topological polar surface area (TPSA) is 52.7 Å². The van der Waals surface area contributed by atoms with Crippen molar-refractivity contribution in [3.05, 3.63) is 59.2 Å². The molecule has 1 saturated heterocycles. The van der Waals surface area contributed by atoms with E-state index in [1.165, 1.54) is 0 Å². The lowest BCUT2D eigenvalue weighted by Crippen LogP contribution is -2.48. The predicted octanol–water partition coefficient (Wildman–Crippen LogP) is 3.61. The molecule has 0 bridgehead atoms. The van der Waals surface area contributed by atoms with E-state index < -0.39 is 0 Å². The summed E-state index contributed by atoms with van der Waals surface area (Å²) in [5, 5.41) is 2.97. The summed E-state index contributed by atoms with van der Waals surface area (Å²) < 4.78 is 0. The molecular formula is C22H27N3O2. The number of benzene rings is 2. The summed E-state index contributed by atoms with van der Waals surface area (Å²) in [6, 6.07) is 13.7. The average Bonchev–Trinajstić information content (AvgIpc) is 2.68. The molecule has 2 aromatic carbocycles. The number of hydrogen-bond donors (Lipinski definition) is 1. The van der Waals surface area contributed by atoms with E-state index in [-0.39, 0.29) is 11.8 Å². The summed E-state index contributed by atoms with van der Waals surface area (Å²) in [6.07, 6.45) is 0.564. The number of aryl methyl sites for hydroxylation is 2. The highest BCUT2D eigenvalue weighted by Gasteiger charge is 2.20. The standard InChI is InChI=1S/C22H27N3O2/c1-4-21(26)25-13-11-24(12-14-25)19-8-6-18(7-9-19)23-22(27)20-10-5-16(2)15-17(20)3/h5-10,15H,4,11-14H2,1-3H3,(H,23,27). The average molecular weight is 365 g/mol. The minimum Gasteiger partial charge on any atom is -0.368 e. The number of hydrogen-bond acceptors (Lipinski definition) is 3. The quantitative estimate of drug-likeness (QED) is 0.900. The Labute approximate surface area is 161 Å². The molecule has 2 amide bonds. The SMILES string of the molecule is CCC(=O)N1CCN(c2ccc(NC(=O)c3ccc(C)cc3C)cc2)CC1. The lowest BCUT2D eigenvalue weighted by atomic mass is 10.1. The van der Waals surface area contributed by atoms with Crippen LogP contribution in [0.2, 0.25) is 0 Å². The van der Waals surface area contributed by atoms with Crippen LogP contribution in [0.5, 0.6) is 0 Å². The first-order valence-corrected chi connectivity index (χ1v) is 9.49. The summed E-state index contributed by atoms with van der Waals surface area (Å²) in [5.41, 5.74) is 4.71. The summed E-state index contributed by atoms with van der Waals surface area (Å²) in [4.78, 5) is 28.5. The number of piperazine rings is 1. The fraction of sp³-hybridized carbons (Fsp3) is 0.364. The molecule has 27 heavy (non-hydrogen) atoms. The summed E-state index contributed by atoms with van der Waals surface area (Å²) in [7, 11) is 0. The van der Waals surface area contributed by atoms with Crippen molar-refractivity contribution >= 4 is 23.2 Å². The van der Waals surface area contributed by atoms with E-state index >= 15 is 0 Å². The normalized spacial score (nSPS) is 14.2. The first-order chi connectivity index (χ1) is 13.0. The van der Waals surface area contributed by atoms with Gasteiger partial charge in [-0.25, -0.2) is 0 Å². The van der Waals surface area contributed by atoms with Gasteiger partial charge in [-0.15, -0.1) is 0 Å². The molecule has 2 aromatic rings. The second kappa shape index (κ2) is 8.25. The van der Waals surface area contributed by atoms with Crippen LogP contribution in [-0.4, -0.2) is 42.9 Å². The molecule has 0 radical (unpaired) electrons. The van der Waals surface area contributed by atoms with Gasteiger partial charge in [0.2, 0.25) is 5.91 Å². The summed E-state index contributed by atoms with van der Waals surface area (Å²) in [5.74, 6) is 0.131. The molecule has 0 spiro atoms. The number of anilines is 2. The third-order valence-electron chi connectivity index (χ3n) is 5.05. The highest BCUT2D eigenvalue weighted by atomic mass is 16.2. The van der Waals surface area contributed by atoms with E-state index in [1.807, 2.05) is 68.1 Å². The molecule has 0 aliphatic carbocycles. The zero-order valence-corrected chi connectivity index (χ0v) is 16.3. The Morgan fingerprint density at radius 2 is 1.63 bits per heavy atom. The number of carbonyl (C=O) groups excluding carboxylic acids is 2. The molecule has 0 saturated carbocycles. The number of nitrogens with zero attached hydrogens (tertiary/aromatic N) is 2. The predicted molar refractivity (Wildman–Crippen MR) is 109 cm³/mol. The van der Waals surface area contributed by atoms with Crippen molar-refractivity contribution < 1.29 is 9.59 Å². The number of nitrogens with one attached hydrogen (secondary N) is 1. The van der Waals surface area contributed by atoms with Crippen molar-refractivity contribution in [1.29, 1.82) is 0 Å². The number of amides is 2. The molecule has 1 fully saturated rings. The van der Waals surface area contributed by atoms with Crippen LogP contribution in [0.15, 0.2) is 42.5 Å². The van der Waals surface area contributed by atoms with Crippen molar-refractivity contribution in [2.75, 3.05) is 36.4 Å². The zero-order valence-electron chi connectivity index (χ0n) is 16.3. The number of rotatable bonds is 4. The fourth-order valence-corrected chi connectivity index (χ4v) is 3.46. The molecular weight excluding hydrogens is 338 g/mol. The maximum Gasteiger partial charge on any atom is 0.255 e. The van der Waals surface area contributed by atoms with Crippen LogP contribution in [0.3, 0.4) is 0 Å². The minimum atomic E-state index is -0.0908. The molecule has 1 N–H and O–H groups in total. The highest BCUT2D eigenvalue weighted by molar-refractivity contribution is 6.05. The van der Waals surface area contributed by atoms with E-state index in [9.17, 15) is 9.59 Å². The third-order valence-corrected chi connectivity index (χ3v) is 5.05. The zero-order chi connectivity index (χ0) is 19.4. The Morgan fingerprint density at radius 1 is 0.963 bits per heavy atom. The van der Waals surface area contributed by atoms with Gasteiger partial charge in [0.15, 0.2) is 0 Å². The lowest BCUT2D eigenvalue weighted by Gasteiger charge is -2.36. The first kappa shape index (κ1) is 19.0. The summed E-state index contributed by atoms with van der Waals surface area (Å²) >= 11 is 0.